The average Bonchev–Trinajstić information content (AvgIpc) is 3.09. The third-order valence-corrected chi connectivity index (χ3v) is 4.35. The van der Waals surface area contributed by atoms with Crippen LogP contribution in [0.5, 0.6) is 0 Å². The maximum atomic E-state index is 6.25. The fourth-order valence-corrected chi connectivity index (χ4v) is 3.36. The molecule has 0 aliphatic carbocycles. The van der Waals surface area contributed by atoms with Crippen molar-refractivity contribution in [3.05, 3.63) is 72.1 Å². The Labute approximate surface area is 124 Å². The number of imidazole rings is 1. The summed E-state index contributed by atoms with van der Waals surface area (Å²) in [4.78, 5) is 4.51. The summed E-state index contributed by atoms with van der Waals surface area (Å²) in [5, 5.41) is 0. The van der Waals surface area contributed by atoms with Gasteiger partial charge < -0.3 is 10.3 Å². The normalized spacial score (nSPS) is 19.3. The first-order valence-corrected chi connectivity index (χ1v) is 6.97. The summed E-state index contributed by atoms with van der Waals surface area (Å²) in [6.07, 6.45) is 3.82. The molecule has 0 spiro atoms. The van der Waals surface area contributed by atoms with E-state index in [1.807, 2.05) is 48.8 Å². The van der Waals surface area contributed by atoms with Crippen LogP contribution in [0.4, 0.5) is 0 Å². The van der Waals surface area contributed by atoms with Crippen LogP contribution in [-0.2, 0) is 5.54 Å². The molecule has 1 aliphatic heterocycles. The number of hydrogen-bond acceptors (Lipinski definition) is 2. The quantitative estimate of drug-likeness (QED) is 0.716. The van der Waals surface area contributed by atoms with E-state index in [4.69, 9.17) is 13.6 Å². The first-order chi connectivity index (χ1) is 10.3. The first-order valence-electron chi connectivity index (χ1n) is 6.97. The summed E-state index contributed by atoms with van der Waals surface area (Å²) in [6.45, 7) is 0.470. The monoisotopic (exact) mass is 271 g/mol. The van der Waals surface area contributed by atoms with Gasteiger partial charge in [-0.05, 0) is 11.1 Å². The number of fused-ring (bicyclic) bond motifs is 3. The number of nitrogens with two attached hydrogens (primary N) is 1. The summed E-state index contributed by atoms with van der Waals surface area (Å²) in [7, 11) is 5.83. The van der Waals surface area contributed by atoms with Gasteiger partial charge in [0, 0.05) is 24.5 Å². The third-order valence-electron chi connectivity index (χ3n) is 4.35. The average molecular weight is 271 g/mol. The highest BCUT2D eigenvalue weighted by molar-refractivity contribution is 6.32. The van der Waals surface area contributed by atoms with Gasteiger partial charge in [-0.25, -0.2) is 4.98 Å². The maximum absolute atomic E-state index is 6.25. The summed E-state index contributed by atoms with van der Waals surface area (Å²) in [6, 6.07) is 16.3. The van der Waals surface area contributed by atoms with Gasteiger partial charge in [0.1, 0.15) is 19.2 Å². The largest absolute Gasteiger partial charge is 0.328 e. The molecule has 2 radical (unpaired) electrons. The zero-order chi connectivity index (χ0) is 14.4. The Kier molecular flexibility index (Phi) is 2.56. The SMILES string of the molecule is [B]c1ccc(C2(CN)c3ccccc3-c3nccn32)cc1. The van der Waals surface area contributed by atoms with Gasteiger partial charge in [0.05, 0.1) is 0 Å². The van der Waals surface area contributed by atoms with Crippen LogP contribution in [0, 0.1) is 0 Å². The Bertz CT molecular complexity index is 807. The van der Waals surface area contributed by atoms with Gasteiger partial charge in [-0.1, -0.05) is 54.0 Å². The van der Waals surface area contributed by atoms with Crippen LogP contribution in [-0.4, -0.2) is 23.9 Å². The Morgan fingerprint density at radius 1 is 1.10 bits per heavy atom. The van der Waals surface area contributed by atoms with E-state index >= 15 is 0 Å². The minimum absolute atomic E-state index is 0.407. The summed E-state index contributed by atoms with van der Waals surface area (Å²) in [5.41, 5.74) is 10.1. The Morgan fingerprint density at radius 2 is 1.86 bits per heavy atom. The van der Waals surface area contributed by atoms with Crippen molar-refractivity contribution in [2.24, 2.45) is 5.73 Å². The number of rotatable bonds is 2. The highest BCUT2D eigenvalue weighted by Gasteiger charge is 2.43. The molecule has 3 nitrogen and oxygen atoms in total. The second-order valence-electron chi connectivity index (χ2n) is 5.35. The molecular weight excluding hydrogens is 257 g/mol. The van der Waals surface area contributed by atoms with E-state index in [2.05, 4.69) is 21.7 Å². The molecule has 2 aromatic carbocycles. The smallest absolute Gasteiger partial charge is 0.141 e. The molecule has 21 heavy (non-hydrogen) atoms. The third kappa shape index (κ3) is 1.51. The van der Waals surface area contributed by atoms with Gasteiger partial charge in [0.15, 0.2) is 0 Å². The van der Waals surface area contributed by atoms with Gasteiger partial charge in [-0.2, -0.15) is 0 Å². The van der Waals surface area contributed by atoms with Crippen molar-refractivity contribution >= 4 is 13.3 Å². The van der Waals surface area contributed by atoms with Crippen LogP contribution < -0.4 is 11.2 Å². The number of nitrogens with zero attached hydrogens (tertiary/aromatic N) is 2. The molecule has 4 heteroatoms. The molecule has 4 rings (SSSR count). The summed E-state index contributed by atoms with van der Waals surface area (Å²) < 4.78 is 2.17. The van der Waals surface area contributed by atoms with E-state index in [0.717, 1.165) is 22.4 Å². The van der Waals surface area contributed by atoms with E-state index in [9.17, 15) is 0 Å². The predicted octanol–water partition coefficient (Wildman–Crippen LogP) is 1.41. The van der Waals surface area contributed by atoms with Crippen LogP contribution in [0.1, 0.15) is 11.1 Å². The summed E-state index contributed by atoms with van der Waals surface area (Å²) in [5.74, 6) is 0.966. The Morgan fingerprint density at radius 3 is 2.62 bits per heavy atom. The molecule has 0 bridgehead atoms. The molecule has 2 heterocycles. The number of aromatic nitrogens is 2. The second-order valence-corrected chi connectivity index (χ2v) is 5.35. The lowest BCUT2D eigenvalue weighted by Gasteiger charge is -2.32. The molecule has 0 amide bonds. The van der Waals surface area contributed by atoms with Crippen molar-refractivity contribution in [3.8, 4) is 11.4 Å². The van der Waals surface area contributed by atoms with E-state index < -0.39 is 5.54 Å². The van der Waals surface area contributed by atoms with E-state index in [1.165, 1.54) is 5.56 Å². The van der Waals surface area contributed by atoms with Crippen molar-refractivity contribution < 1.29 is 0 Å². The van der Waals surface area contributed by atoms with Gasteiger partial charge in [0.2, 0.25) is 0 Å². The van der Waals surface area contributed by atoms with Gasteiger partial charge >= 0.3 is 0 Å². The molecular formula is C17H14BN3. The predicted molar refractivity (Wildman–Crippen MR) is 84.7 cm³/mol. The molecule has 2 N–H and O–H groups in total. The minimum Gasteiger partial charge on any atom is -0.328 e. The van der Waals surface area contributed by atoms with Crippen LogP contribution in [0.15, 0.2) is 60.9 Å². The molecule has 1 aliphatic rings. The molecule has 0 fully saturated rings. The highest BCUT2D eigenvalue weighted by Crippen LogP contribution is 2.45. The van der Waals surface area contributed by atoms with Gasteiger partial charge in [-0.3, -0.25) is 0 Å². The summed E-state index contributed by atoms with van der Waals surface area (Å²) >= 11 is 0. The van der Waals surface area contributed by atoms with E-state index in [-0.39, 0.29) is 0 Å². The topological polar surface area (TPSA) is 43.8 Å². The van der Waals surface area contributed by atoms with Gasteiger partial charge in [0.25, 0.3) is 0 Å². The molecule has 1 atom stereocenters. The van der Waals surface area contributed by atoms with Crippen molar-refractivity contribution in [1.29, 1.82) is 0 Å². The number of hydrogen-bond donors (Lipinski definition) is 1. The lowest BCUT2D eigenvalue weighted by molar-refractivity contribution is 0.465. The van der Waals surface area contributed by atoms with Crippen molar-refractivity contribution in [3.63, 3.8) is 0 Å². The zero-order valence-electron chi connectivity index (χ0n) is 11.5. The van der Waals surface area contributed by atoms with Crippen molar-refractivity contribution in [2.45, 2.75) is 5.54 Å². The lowest BCUT2D eigenvalue weighted by atomic mass is 9.81. The fraction of sp³-hybridized carbons (Fsp3) is 0.118. The molecule has 100 valence electrons. The number of benzene rings is 2. The molecule has 0 saturated carbocycles. The maximum Gasteiger partial charge on any atom is 0.141 e. The molecule has 1 unspecified atom stereocenters. The molecule has 3 aromatic rings. The molecule has 0 saturated heterocycles. The molecule has 1 aromatic heterocycles. The highest BCUT2D eigenvalue weighted by atomic mass is 15.2. The van der Waals surface area contributed by atoms with Crippen LogP contribution in [0.2, 0.25) is 0 Å². The lowest BCUT2D eigenvalue weighted by Crippen LogP contribution is -2.40. The van der Waals surface area contributed by atoms with E-state index in [0.29, 0.717) is 6.54 Å². The van der Waals surface area contributed by atoms with Crippen molar-refractivity contribution in [1.82, 2.24) is 9.55 Å². The van der Waals surface area contributed by atoms with Crippen molar-refractivity contribution in [2.75, 3.05) is 6.54 Å². The minimum atomic E-state index is -0.407. The Hall–Kier alpha value is -2.33. The van der Waals surface area contributed by atoms with E-state index in [1.54, 1.807) is 0 Å². The van der Waals surface area contributed by atoms with Crippen LogP contribution >= 0.6 is 0 Å². The fourth-order valence-electron chi connectivity index (χ4n) is 3.36. The zero-order valence-corrected chi connectivity index (χ0v) is 11.5. The van der Waals surface area contributed by atoms with Gasteiger partial charge in [-0.15, -0.1) is 0 Å². The second kappa shape index (κ2) is 4.33. The van der Waals surface area contributed by atoms with Crippen LogP contribution in [0.3, 0.4) is 0 Å². The Balaban J connectivity index is 2.07. The standard InChI is InChI=1S/C17H14BN3/c18-13-7-5-12(6-8-13)17(11-19)15-4-2-1-3-14(15)16-20-9-10-21(16)17/h1-10H,11,19H2. The van der Waals surface area contributed by atoms with Crippen LogP contribution in [0.25, 0.3) is 11.4 Å². The first kappa shape index (κ1) is 12.4.